The SMILES string of the molecule is Cc1ccc(-c2cc(C(=O)O)nn2C2CCS(=O)(=O)C2)cc1C. The van der Waals surface area contributed by atoms with E-state index in [4.69, 9.17) is 0 Å². The van der Waals surface area contributed by atoms with E-state index in [9.17, 15) is 18.3 Å². The average Bonchev–Trinajstić information content (AvgIpc) is 3.05. The third-order valence-corrected chi connectivity index (χ3v) is 6.06. The van der Waals surface area contributed by atoms with Crippen LogP contribution in [0.2, 0.25) is 0 Å². The molecule has 0 spiro atoms. The van der Waals surface area contributed by atoms with Gasteiger partial charge in [0.1, 0.15) is 0 Å². The van der Waals surface area contributed by atoms with E-state index in [1.807, 2.05) is 32.0 Å². The van der Waals surface area contributed by atoms with Gasteiger partial charge in [0.15, 0.2) is 15.5 Å². The summed E-state index contributed by atoms with van der Waals surface area (Å²) in [4.78, 5) is 11.3. The Morgan fingerprint density at radius 1 is 1.26 bits per heavy atom. The van der Waals surface area contributed by atoms with Crippen molar-refractivity contribution in [1.29, 1.82) is 0 Å². The highest BCUT2D eigenvalue weighted by atomic mass is 32.2. The topological polar surface area (TPSA) is 89.3 Å². The third kappa shape index (κ3) is 3.01. The van der Waals surface area contributed by atoms with Crippen LogP contribution in [0.15, 0.2) is 24.3 Å². The number of hydrogen-bond acceptors (Lipinski definition) is 4. The lowest BCUT2D eigenvalue weighted by Crippen LogP contribution is -2.14. The second kappa shape index (κ2) is 5.49. The molecule has 1 atom stereocenters. The molecular weight excluding hydrogens is 316 g/mol. The third-order valence-electron chi connectivity index (χ3n) is 4.31. The number of carbonyl (C=O) groups is 1. The number of nitrogens with zero attached hydrogens (tertiary/aromatic N) is 2. The minimum Gasteiger partial charge on any atom is -0.476 e. The molecule has 7 heteroatoms. The standard InChI is InChI=1S/C16H18N2O4S/c1-10-3-4-12(7-11(10)2)15-8-14(16(19)20)17-18(15)13-5-6-23(21,22)9-13/h3-4,7-8,13H,5-6,9H2,1-2H3,(H,19,20). The predicted octanol–water partition coefficient (Wildman–Crippen LogP) is 2.22. The van der Waals surface area contributed by atoms with Crippen molar-refractivity contribution in [3.8, 4) is 11.3 Å². The summed E-state index contributed by atoms with van der Waals surface area (Å²) in [6.07, 6.45) is 0.459. The second-order valence-electron chi connectivity index (χ2n) is 6.02. The van der Waals surface area contributed by atoms with E-state index in [0.29, 0.717) is 12.1 Å². The number of sulfone groups is 1. The van der Waals surface area contributed by atoms with E-state index >= 15 is 0 Å². The maximum atomic E-state index is 11.7. The van der Waals surface area contributed by atoms with Crippen molar-refractivity contribution in [2.45, 2.75) is 26.3 Å². The quantitative estimate of drug-likeness (QED) is 0.929. The van der Waals surface area contributed by atoms with Crippen molar-refractivity contribution in [1.82, 2.24) is 9.78 Å². The van der Waals surface area contributed by atoms with E-state index in [1.54, 1.807) is 4.68 Å². The average molecular weight is 334 g/mol. The molecule has 122 valence electrons. The Bertz CT molecular complexity index is 883. The first-order valence-corrected chi connectivity index (χ1v) is 9.20. The molecule has 1 aromatic heterocycles. The highest BCUT2D eigenvalue weighted by Gasteiger charge is 2.32. The Hall–Kier alpha value is -2.15. The Morgan fingerprint density at radius 3 is 2.57 bits per heavy atom. The molecule has 6 nitrogen and oxygen atoms in total. The van der Waals surface area contributed by atoms with Gasteiger partial charge in [-0.1, -0.05) is 12.1 Å². The lowest BCUT2D eigenvalue weighted by atomic mass is 10.0. The molecule has 0 radical (unpaired) electrons. The monoisotopic (exact) mass is 334 g/mol. The first-order chi connectivity index (χ1) is 10.8. The van der Waals surface area contributed by atoms with Crippen molar-refractivity contribution < 1.29 is 18.3 Å². The molecule has 0 amide bonds. The summed E-state index contributed by atoms with van der Waals surface area (Å²) in [7, 11) is -3.08. The van der Waals surface area contributed by atoms with E-state index in [-0.39, 0.29) is 23.2 Å². The fourth-order valence-electron chi connectivity index (χ4n) is 2.86. The van der Waals surface area contributed by atoms with Crippen LogP contribution in [-0.4, -0.2) is 40.8 Å². The zero-order chi connectivity index (χ0) is 16.8. The van der Waals surface area contributed by atoms with Crippen molar-refractivity contribution in [2.75, 3.05) is 11.5 Å². The summed E-state index contributed by atoms with van der Waals surface area (Å²) >= 11 is 0. The maximum absolute atomic E-state index is 11.7. The summed E-state index contributed by atoms with van der Waals surface area (Å²) < 4.78 is 25.1. The molecule has 1 aliphatic heterocycles. The fourth-order valence-corrected chi connectivity index (χ4v) is 4.55. The zero-order valence-electron chi connectivity index (χ0n) is 13.0. The summed E-state index contributed by atoms with van der Waals surface area (Å²) in [6, 6.07) is 7.04. The van der Waals surface area contributed by atoms with Crippen LogP contribution >= 0.6 is 0 Å². The van der Waals surface area contributed by atoms with Crippen LogP contribution in [0.3, 0.4) is 0 Å². The molecule has 0 bridgehead atoms. The van der Waals surface area contributed by atoms with Crippen LogP contribution < -0.4 is 0 Å². The van der Waals surface area contributed by atoms with Crippen molar-refractivity contribution in [3.63, 3.8) is 0 Å². The number of aromatic carboxylic acids is 1. The van der Waals surface area contributed by atoms with Gasteiger partial charge in [0.2, 0.25) is 0 Å². The Balaban J connectivity index is 2.11. The van der Waals surface area contributed by atoms with Gasteiger partial charge in [0.25, 0.3) is 0 Å². The number of rotatable bonds is 3. The lowest BCUT2D eigenvalue weighted by molar-refractivity contribution is 0.0689. The molecule has 1 fully saturated rings. The van der Waals surface area contributed by atoms with E-state index in [0.717, 1.165) is 16.7 Å². The number of benzene rings is 1. The van der Waals surface area contributed by atoms with E-state index < -0.39 is 15.8 Å². The van der Waals surface area contributed by atoms with Gasteiger partial charge in [-0.15, -0.1) is 0 Å². The molecule has 0 aliphatic carbocycles. The van der Waals surface area contributed by atoms with Gasteiger partial charge >= 0.3 is 5.97 Å². The highest BCUT2D eigenvalue weighted by molar-refractivity contribution is 7.91. The Kier molecular flexibility index (Phi) is 3.75. The Labute approximate surface area is 134 Å². The number of hydrogen-bond donors (Lipinski definition) is 1. The molecule has 2 heterocycles. The molecule has 3 rings (SSSR count). The molecular formula is C16H18N2O4S. The number of carboxylic acids is 1. The second-order valence-corrected chi connectivity index (χ2v) is 8.25. The molecule has 1 aliphatic rings. The first kappa shape index (κ1) is 15.7. The summed E-state index contributed by atoms with van der Waals surface area (Å²) in [6.45, 7) is 3.99. The normalized spacial score (nSPS) is 19.8. The number of aromatic nitrogens is 2. The molecule has 0 saturated carbocycles. The smallest absolute Gasteiger partial charge is 0.356 e. The van der Waals surface area contributed by atoms with Gasteiger partial charge in [-0.25, -0.2) is 13.2 Å². The fraction of sp³-hybridized carbons (Fsp3) is 0.375. The largest absolute Gasteiger partial charge is 0.476 e. The maximum Gasteiger partial charge on any atom is 0.356 e. The van der Waals surface area contributed by atoms with Crippen molar-refractivity contribution >= 4 is 15.8 Å². The molecule has 1 unspecified atom stereocenters. The first-order valence-electron chi connectivity index (χ1n) is 7.38. The molecule has 2 aromatic rings. The van der Waals surface area contributed by atoms with Gasteiger partial charge < -0.3 is 5.11 Å². The van der Waals surface area contributed by atoms with Gasteiger partial charge in [-0.2, -0.15) is 5.10 Å². The predicted molar refractivity (Wildman–Crippen MR) is 86.4 cm³/mol. The zero-order valence-corrected chi connectivity index (χ0v) is 13.8. The lowest BCUT2D eigenvalue weighted by Gasteiger charge is -2.14. The number of carboxylic acid groups (broad SMARTS) is 1. The molecule has 1 aromatic carbocycles. The van der Waals surface area contributed by atoms with Gasteiger partial charge in [0.05, 0.1) is 23.2 Å². The minimum atomic E-state index is -3.08. The minimum absolute atomic E-state index is 0.00554. The van der Waals surface area contributed by atoms with E-state index in [1.165, 1.54) is 6.07 Å². The van der Waals surface area contributed by atoms with Crippen molar-refractivity contribution in [2.24, 2.45) is 0 Å². The Morgan fingerprint density at radius 2 is 2.00 bits per heavy atom. The van der Waals surface area contributed by atoms with Gasteiger partial charge in [0, 0.05) is 5.56 Å². The van der Waals surface area contributed by atoms with Crippen LogP contribution in [0, 0.1) is 13.8 Å². The number of aryl methyl sites for hydroxylation is 2. The van der Waals surface area contributed by atoms with Crippen LogP contribution in [0.4, 0.5) is 0 Å². The van der Waals surface area contributed by atoms with Crippen LogP contribution in [0.25, 0.3) is 11.3 Å². The van der Waals surface area contributed by atoms with Crippen molar-refractivity contribution in [3.05, 3.63) is 41.1 Å². The van der Waals surface area contributed by atoms with E-state index in [2.05, 4.69) is 5.10 Å². The molecule has 1 saturated heterocycles. The summed E-state index contributed by atoms with van der Waals surface area (Å²) in [5, 5.41) is 13.4. The summed E-state index contributed by atoms with van der Waals surface area (Å²) in [5.41, 5.74) is 3.65. The molecule has 1 N–H and O–H groups in total. The van der Waals surface area contributed by atoms with Crippen LogP contribution in [0.1, 0.15) is 34.1 Å². The highest BCUT2D eigenvalue weighted by Crippen LogP contribution is 2.30. The van der Waals surface area contributed by atoms with Crippen LogP contribution in [0.5, 0.6) is 0 Å². The van der Waals surface area contributed by atoms with Gasteiger partial charge in [-0.05, 0) is 43.5 Å². The molecule has 23 heavy (non-hydrogen) atoms. The van der Waals surface area contributed by atoms with Gasteiger partial charge in [-0.3, -0.25) is 4.68 Å². The van der Waals surface area contributed by atoms with Crippen LogP contribution in [-0.2, 0) is 9.84 Å². The summed E-state index contributed by atoms with van der Waals surface area (Å²) in [5.74, 6) is -0.993.